The van der Waals surface area contributed by atoms with Crippen molar-refractivity contribution < 1.29 is 4.92 Å². The highest BCUT2D eigenvalue weighted by molar-refractivity contribution is 5.57. The third kappa shape index (κ3) is 2.31. The van der Waals surface area contributed by atoms with E-state index in [1.165, 1.54) is 0 Å². The molecule has 1 N–H and O–H groups in total. The molecule has 2 rings (SSSR count). The number of hydrogen-bond donors (Lipinski definition) is 1. The molecule has 1 heterocycles. The fourth-order valence-corrected chi connectivity index (χ4v) is 2.47. The van der Waals surface area contributed by atoms with E-state index in [2.05, 4.69) is 24.1 Å². The zero-order chi connectivity index (χ0) is 13.3. The second-order valence-corrected chi connectivity index (χ2v) is 5.37. The quantitative estimate of drug-likeness (QED) is 0.644. The molecule has 0 atom stereocenters. The molecule has 1 saturated heterocycles. The molecule has 0 aliphatic carbocycles. The molecule has 5 nitrogen and oxygen atoms in total. The molecular weight excluding hydrogens is 230 g/mol. The van der Waals surface area contributed by atoms with E-state index in [9.17, 15) is 10.1 Å². The van der Waals surface area contributed by atoms with E-state index in [0.29, 0.717) is 5.56 Å². The van der Waals surface area contributed by atoms with Gasteiger partial charge in [-0.3, -0.25) is 10.1 Å². The van der Waals surface area contributed by atoms with Gasteiger partial charge in [0.05, 0.1) is 4.92 Å². The Labute approximate surface area is 107 Å². The summed E-state index contributed by atoms with van der Waals surface area (Å²) in [5.74, 6) is 0. The Morgan fingerprint density at radius 3 is 2.72 bits per heavy atom. The lowest BCUT2D eigenvalue weighted by atomic mass is 9.98. The lowest BCUT2D eigenvalue weighted by Gasteiger charge is -2.44. The SMILES string of the molecule is Cc1cc(N2CCNCC2(C)C)ccc1[N+](=O)[O-]. The molecule has 1 aromatic rings. The smallest absolute Gasteiger partial charge is 0.272 e. The van der Waals surface area contributed by atoms with Gasteiger partial charge in [-0.1, -0.05) is 0 Å². The van der Waals surface area contributed by atoms with Crippen LogP contribution in [0, 0.1) is 17.0 Å². The Kier molecular flexibility index (Phi) is 3.26. The van der Waals surface area contributed by atoms with Crippen LogP contribution in [0.1, 0.15) is 19.4 Å². The zero-order valence-corrected chi connectivity index (χ0v) is 11.1. The minimum Gasteiger partial charge on any atom is -0.364 e. The molecular formula is C13H19N3O2. The highest BCUT2D eigenvalue weighted by Crippen LogP contribution is 2.29. The number of nitrogens with zero attached hydrogens (tertiary/aromatic N) is 2. The molecule has 18 heavy (non-hydrogen) atoms. The maximum Gasteiger partial charge on any atom is 0.272 e. The van der Waals surface area contributed by atoms with Crippen LogP contribution in [0.4, 0.5) is 11.4 Å². The number of piperazine rings is 1. The van der Waals surface area contributed by atoms with Crippen molar-refractivity contribution in [2.75, 3.05) is 24.5 Å². The van der Waals surface area contributed by atoms with E-state index in [4.69, 9.17) is 0 Å². The lowest BCUT2D eigenvalue weighted by Crippen LogP contribution is -2.58. The summed E-state index contributed by atoms with van der Waals surface area (Å²) in [6.45, 7) is 8.93. The summed E-state index contributed by atoms with van der Waals surface area (Å²) in [6, 6.07) is 5.35. The summed E-state index contributed by atoms with van der Waals surface area (Å²) < 4.78 is 0. The molecule has 5 heteroatoms. The molecule has 0 bridgehead atoms. The van der Waals surface area contributed by atoms with Crippen LogP contribution in [-0.2, 0) is 0 Å². The Hall–Kier alpha value is -1.62. The number of rotatable bonds is 2. The van der Waals surface area contributed by atoms with Gasteiger partial charge in [0.15, 0.2) is 0 Å². The molecule has 0 radical (unpaired) electrons. The monoisotopic (exact) mass is 249 g/mol. The standard InChI is InChI=1S/C13H19N3O2/c1-10-8-11(4-5-12(10)16(17)18)15-7-6-14-9-13(15,2)3/h4-5,8,14H,6-7,9H2,1-3H3. The Morgan fingerprint density at radius 2 is 2.17 bits per heavy atom. The average Bonchev–Trinajstić information content (AvgIpc) is 2.27. The number of nitro groups is 1. The van der Waals surface area contributed by atoms with Gasteiger partial charge in [0.1, 0.15) is 0 Å². The van der Waals surface area contributed by atoms with Gasteiger partial charge in [-0.15, -0.1) is 0 Å². The minimum atomic E-state index is -0.331. The van der Waals surface area contributed by atoms with E-state index in [1.54, 1.807) is 13.0 Å². The molecule has 0 saturated carbocycles. The van der Waals surface area contributed by atoms with Gasteiger partial charge in [0.2, 0.25) is 0 Å². The molecule has 1 fully saturated rings. The number of anilines is 1. The Bertz CT molecular complexity index is 471. The Balaban J connectivity index is 2.34. The van der Waals surface area contributed by atoms with Crippen molar-refractivity contribution in [2.24, 2.45) is 0 Å². The minimum absolute atomic E-state index is 0.0286. The molecule has 1 aliphatic rings. The number of aryl methyl sites for hydroxylation is 1. The molecule has 0 unspecified atom stereocenters. The number of benzene rings is 1. The van der Waals surface area contributed by atoms with Gasteiger partial charge in [-0.25, -0.2) is 0 Å². The third-order valence-electron chi connectivity index (χ3n) is 3.49. The fraction of sp³-hybridized carbons (Fsp3) is 0.538. The number of hydrogen-bond acceptors (Lipinski definition) is 4. The van der Waals surface area contributed by atoms with E-state index >= 15 is 0 Å². The van der Waals surface area contributed by atoms with Crippen molar-refractivity contribution in [1.29, 1.82) is 0 Å². The molecule has 1 aromatic carbocycles. The first-order chi connectivity index (χ1) is 8.42. The van der Waals surface area contributed by atoms with Crippen molar-refractivity contribution in [1.82, 2.24) is 5.32 Å². The van der Waals surface area contributed by atoms with Crippen LogP contribution >= 0.6 is 0 Å². The normalized spacial score (nSPS) is 18.7. The van der Waals surface area contributed by atoms with Gasteiger partial charge < -0.3 is 10.2 Å². The zero-order valence-electron chi connectivity index (χ0n) is 11.1. The first kappa shape index (κ1) is 12.8. The molecule has 98 valence electrons. The summed E-state index contributed by atoms with van der Waals surface area (Å²) in [4.78, 5) is 12.8. The van der Waals surface area contributed by atoms with Crippen LogP contribution in [0.3, 0.4) is 0 Å². The van der Waals surface area contributed by atoms with Gasteiger partial charge in [-0.2, -0.15) is 0 Å². The highest BCUT2D eigenvalue weighted by Gasteiger charge is 2.30. The van der Waals surface area contributed by atoms with Gasteiger partial charge in [-0.05, 0) is 32.9 Å². The maximum absolute atomic E-state index is 10.8. The van der Waals surface area contributed by atoms with Crippen LogP contribution in [0.25, 0.3) is 0 Å². The number of nitro benzene ring substituents is 1. The van der Waals surface area contributed by atoms with E-state index in [0.717, 1.165) is 25.3 Å². The molecule has 0 spiro atoms. The van der Waals surface area contributed by atoms with Crippen LogP contribution < -0.4 is 10.2 Å². The summed E-state index contributed by atoms with van der Waals surface area (Å²) >= 11 is 0. The van der Waals surface area contributed by atoms with Gasteiger partial charge in [0, 0.05) is 42.5 Å². The maximum atomic E-state index is 10.8. The predicted octanol–water partition coefficient (Wildman–Crippen LogP) is 2.09. The van der Waals surface area contributed by atoms with Crippen molar-refractivity contribution >= 4 is 11.4 Å². The van der Waals surface area contributed by atoms with Crippen molar-refractivity contribution in [3.8, 4) is 0 Å². The molecule has 1 aliphatic heterocycles. The number of nitrogens with one attached hydrogen (secondary N) is 1. The van der Waals surface area contributed by atoms with E-state index in [1.807, 2.05) is 12.1 Å². The first-order valence-corrected chi connectivity index (χ1v) is 6.15. The van der Waals surface area contributed by atoms with Crippen molar-refractivity contribution in [3.63, 3.8) is 0 Å². The summed E-state index contributed by atoms with van der Waals surface area (Å²) in [5.41, 5.74) is 1.99. The van der Waals surface area contributed by atoms with Crippen LogP contribution in [0.15, 0.2) is 18.2 Å². The van der Waals surface area contributed by atoms with Gasteiger partial charge >= 0.3 is 0 Å². The summed E-state index contributed by atoms with van der Waals surface area (Å²) in [6.07, 6.45) is 0. The van der Waals surface area contributed by atoms with Gasteiger partial charge in [0.25, 0.3) is 5.69 Å². The van der Waals surface area contributed by atoms with Crippen molar-refractivity contribution in [3.05, 3.63) is 33.9 Å². The van der Waals surface area contributed by atoms with Crippen LogP contribution in [0.2, 0.25) is 0 Å². The van der Waals surface area contributed by atoms with E-state index in [-0.39, 0.29) is 16.1 Å². The average molecular weight is 249 g/mol. The largest absolute Gasteiger partial charge is 0.364 e. The molecule has 0 aromatic heterocycles. The van der Waals surface area contributed by atoms with Crippen LogP contribution in [0.5, 0.6) is 0 Å². The first-order valence-electron chi connectivity index (χ1n) is 6.15. The Morgan fingerprint density at radius 1 is 1.44 bits per heavy atom. The highest BCUT2D eigenvalue weighted by atomic mass is 16.6. The fourth-order valence-electron chi connectivity index (χ4n) is 2.47. The second-order valence-electron chi connectivity index (χ2n) is 5.37. The topological polar surface area (TPSA) is 58.4 Å². The van der Waals surface area contributed by atoms with Crippen molar-refractivity contribution in [2.45, 2.75) is 26.3 Å². The second kappa shape index (κ2) is 4.57. The predicted molar refractivity (Wildman–Crippen MR) is 72.1 cm³/mol. The third-order valence-corrected chi connectivity index (χ3v) is 3.49. The summed E-state index contributed by atoms with van der Waals surface area (Å²) in [7, 11) is 0. The lowest BCUT2D eigenvalue weighted by molar-refractivity contribution is -0.385. The molecule has 0 amide bonds. The van der Waals surface area contributed by atoms with E-state index < -0.39 is 0 Å². The van der Waals surface area contributed by atoms with Crippen LogP contribution in [-0.4, -0.2) is 30.1 Å². The summed E-state index contributed by atoms with van der Waals surface area (Å²) in [5, 5.41) is 14.2.